The van der Waals surface area contributed by atoms with Crippen LogP contribution in [0, 0.1) is 0 Å². The molecule has 2 aromatic carbocycles. The third kappa shape index (κ3) is 3.84. The molecule has 1 heterocycles. The van der Waals surface area contributed by atoms with Crippen LogP contribution in [0.4, 0.5) is 5.69 Å². The average molecular weight is 336 g/mol. The second-order valence-corrected chi connectivity index (χ2v) is 5.88. The van der Waals surface area contributed by atoms with Gasteiger partial charge in [-0.3, -0.25) is 0 Å². The molecule has 0 unspecified atom stereocenters. The van der Waals surface area contributed by atoms with Crippen LogP contribution >= 0.6 is 12.2 Å². The van der Waals surface area contributed by atoms with Gasteiger partial charge in [0.1, 0.15) is 11.8 Å². The standard InChI is InChI=1S/C20H20N2OS/c1-2-15-9-6-7-12-17(15)21-20(24)22-19(18-13-8-14-23-18)16-10-4-3-5-11-16/h3-14,19H,2H2,1H3,(H2,21,22,24)/t19-/m1/s1. The smallest absolute Gasteiger partial charge is 0.171 e. The van der Waals surface area contributed by atoms with Crippen LogP contribution in [0.2, 0.25) is 0 Å². The van der Waals surface area contributed by atoms with E-state index < -0.39 is 0 Å². The fourth-order valence-corrected chi connectivity index (χ4v) is 2.89. The van der Waals surface area contributed by atoms with E-state index in [1.165, 1.54) is 5.56 Å². The molecule has 0 saturated heterocycles. The highest BCUT2D eigenvalue weighted by atomic mass is 32.1. The van der Waals surface area contributed by atoms with E-state index >= 15 is 0 Å². The van der Waals surface area contributed by atoms with E-state index in [-0.39, 0.29) is 6.04 Å². The number of thiocarbonyl (C=S) groups is 1. The van der Waals surface area contributed by atoms with Crippen LogP contribution in [0.5, 0.6) is 0 Å². The van der Waals surface area contributed by atoms with Crippen molar-refractivity contribution in [2.75, 3.05) is 5.32 Å². The van der Waals surface area contributed by atoms with Gasteiger partial charge >= 0.3 is 0 Å². The van der Waals surface area contributed by atoms with Gasteiger partial charge in [0, 0.05) is 5.69 Å². The molecule has 122 valence electrons. The van der Waals surface area contributed by atoms with Gasteiger partial charge in [-0.15, -0.1) is 0 Å². The van der Waals surface area contributed by atoms with Crippen molar-refractivity contribution in [3.05, 3.63) is 89.9 Å². The third-order valence-corrected chi connectivity index (χ3v) is 4.10. The van der Waals surface area contributed by atoms with E-state index in [0.717, 1.165) is 23.4 Å². The Hall–Kier alpha value is -2.59. The SMILES string of the molecule is CCc1ccccc1NC(=S)N[C@H](c1ccccc1)c1ccco1. The van der Waals surface area contributed by atoms with Crippen molar-refractivity contribution in [2.45, 2.75) is 19.4 Å². The largest absolute Gasteiger partial charge is 0.467 e. The van der Waals surface area contributed by atoms with E-state index in [9.17, 15) is 0 Å². The maximum Gasteiger partial charge on any atom is 0.171 e. The zero-order chi connectivity index (χ0) is 16.8. The Labute approximate surface area is 147 Å². The molecule has 3 nitrogen and oxygen atoms in total. The van der Waals surface area contributed by atoms with E-state index in [1.54, 1.807) is 6.26 Å². The second-order valence-electron chi connectivity index (χ2n) is 5.47. The van der Waals surface area contributed by atoms with Crippen LogP contribution < -0.4 is 10.6 Å². The van der Waals surface area contributed by atoms with E-state index in [0.29, 0.717) is 5.11 Å². The molecule has 0 bridgehead atoms. The van der Waals surface area contributed by atoms with Crippen molar-refractivity contribution < 1.29 is 4.42 Å². The number of benzene rings is 2. The minimum atomic E-state index is -0.130. The lowest BCUT2D eigenvalue weighted by atomic mass is 10.0. The summed E-state index contributed by atoms with van der Waals surface area (Å²) in [7, 11) is 0. The van der Waals surface area contributed by atoms with Gasteiger partial charge in [0.15, 0.2) is 5.11 Å². The van der Waals surface area contributed by atoms with Crippen LogP contribution in [0.3, 0.4) is 0 Å². The topological polar surface area (TPSA) is 37.2 Å². The summed E-state index contributed by atoms with van der Waals surface area (Å²) in [4.78, 5) is 0. The molecule has 0 aliphatic carbocycles. The number of rotatable bonds is 5. The summed E-state index contributed by atoms with van der Waals surface area (Å²) in [5, 5.41) is 7.23. The average Bonchev–Trinajstić information content (AvgIpc) is 3.15. The first-order valence-corrected chi connectivity index (χ1v) is 8.42. The van der Waals surface area contributed by atoms with Crippen LogP contribution in [-0.4, -0.2) is 5.11 Å². The van der Waals surface area contributed by atoms with Crippen LogP contribution in [0.1, 0.15) is 29.9 Å². The maximum atomic E-state index is 5.60. The van der Waals surface area contributed by atoms with Gasteiger partial charge in [-0.2, -0.15) is 0 Å². The van der Waals surface area contributed by atoms with Crippen LogP contribution in [-0.2, 0) is 6.42 Å². The summed E-state index contributed by atoms with van der Waals surface area (Å²) >= 11 is 5.53. The highest BCUT2D eigenvalue weighted by Crippen LogP contribution is 2.23. The van der Waals surface area contributed by atoms with Gasteiger partial charge in [0.05, 0.1) is 6.26 Å². The molecule has 0 radical (unpaired) electrons. The predicted molar refractivity (Wildman–Crippen MR) is 102 cm³/mol. The first-order chi connectivity index (χ1) is 11.8. The fraction of sp³-hybridized carbons (Fsp3) is 0.150. The van der Waals surface area contributed by atoms with Crippen LogP contribution in [0.15, 0.2) is 77.4 Å². The maximum absolute atomic E-state index is 5.60. The van der Waals surface area contributed by atoms with E-state index in [4.69, 9.17) is 16.6 Å². The molecule has 3 rings (SSSR count). The molecule has 3 aromatic rings. The summed E-state index contributed by atoms with van der Waals surface area (Å²) in [5.41, 5.74) is 3.36. The number of furan rings is 1. The summed E-state index contributed by atoms with van der Waals surface area (Å²) in [5.74, 6) is 0.828. The Morgan fingerprint density at radius 3 is 2.46 bits per heavy atom. The van der Waals surface area contributed by atoms with Crippen molar-refractivity contribution in [2.24, 2.45) is 0 Å². The molecular weight excluding hydrogens is 316 g/mol. The van der Waals surface area contributed by atoms with Crippen molar-refractivity contribution in [1.82, 2.24) is 5.32 Å². The Morgan fingerprint density at radius 2 is 1.75 bits per heavy atom. The van der Waals surface area contributed by atoms with Crippen molar-refractivity contribution in [1.29, 1.82) is 0 Å². The van der Waals surface area contributed by atoms with Gasteiger partial charge in [-0.05, 0) is 48.0 Å². The minimum Gasteiger partial charge on any atom is -0.467 e. The third-order valence-electron chi connectivity index (χ3n) is 3.88. The van der Waals surface area contributed by atoms with Gasteiger partial charge in [-0.1, -0.05) is 55.5 Å². The molecule has 1 atom stereocenters. The number of para-hydroxylation sites is 1. The molecule has 24 heavy (non-hydrogen) atoms. The Bertz CT molecular complexity index is 784. The number of hydrogen-bond donors (Lipinski definition) is 2. The van der Waals surface area contributed by atoms with Crippen molar-refractivity contribution in [3.8, 4) is 0 Å². The number of aryl methyl sites for hydroxylation is 1. The second kappa shape index (κ2) is 7.79. The molecule has 0 amide bonds. The summed E-state index contributed by atoms with van der Waals surface area (Å²) in [6, 6.07) is 22.0. The van der Waals surface area contributed by atoms with Crippen molar-refractivity contribution >= 4 is 23.0 Å². The lowest BCUT2D eigenvalue weighted by molar-refractivity contribution is 0.476. The van der Waals surface area contributed by atoms with E-state index in [2.05, 4.69) is 35.8 Å². The van der Waals surface area contributed by atoms with Gasteiger partial charge in [-0.25, -0.2) is 0 Å². The zero-order valence-electron chi connectivity index (χ0n) is 13.5. The monoisotopic (exact) mass is 336 g/mol. The molecule has 0 saturated carbocycles. The predicted octanol–water partition coefficient (Wildman–Crippen LogP) is 4.92. The van der Waals surface area contributed by atoms with Gasteiger partial charge < -0.3 is 15.1 Å². The number of nitrogens with one attached hydrogen (secondary N) is 2. The van der Waals surface area contributed by atoms with Crippen LogP contribution in [0.25, 0.3) is 0 Å². The highest BCUT2D eigenvalue weighted by molar-refractivity contribution is 7.80. The summed E-state index contributed by atoms with van der Waals surface area (Å²) < 4.78 is 5.60. The molecule has 1 aromatic heterocycles. The molecule has 4 heteroatoms. The molecule has 2 N–H and O–H groups in total. The van der Waals surface area contributed by atoms with Crippen molar-refractivity contribution in [3.63, 3.8) is 0 Å². The number of hydrogen-bond acceptors (Lipinski definition) is 2. The summed E-state index contributed by atoms with van der Waals surface area (Å²) in [6.45, 7) is 2.13. The molecule has 0 spiro atoms. The molecule has 0 fully saturated rings. The highest BCUT2D eigenvalue weighted by Gasteiger charge is 2.18. The molecule has 0 aliphatic rings. The minimum absolute atomic E-state index is 0.130. The lowest BCUT2D eigenvalue weighted by Crippen LogP contribution is -2.33. The molecular formula is C20H20N2OS. The lowest BCUT2D eigenvalue weighted by Gasteiger charge is -2.20. The van der Waals surface area contributed by atoms with Gasteiger partial charge in [0.2, 0.25) is 0 Å². The first kappa shape index (κ1) is 16.3. The quantitative estimate of drug-likeness (QED) is 0.649. The first-order valence-electron chi connectivity index (χ1n) is 8.01. The van der Waals surface area contributed by atoms with Gasteiger partial charge in [0.25, 0.3) is 0 Å². The molecule has 0 aliphatic heterocycles. The Balaban J connectivity index is 1.79. The Kier molecular flexibility index (Phi) is 5.29. The van der Waals surface area contributed by atoms with E-state index in [1.807, 2.05) is 48.5 Å². The Morgan fingerprint density at radius 1 is 1.00 bits per heavy atom. The number of anilines is 1. The normalized spacial score (nSPS) is 11.7. The zero-order valence-corrected chi connectivity index (χ0v) is 14.3. The fourth-order valence-electron chi connectivity index (χ4n) is 2.66. The summed E-state index contributed by atoms with van der Waals surface area (Å²) in [6.07, 6.45) is 2.63.